The fraction of sp³-hybridized carbons (Fsp3) is 0.375. The van der Waals surface area contributed by atoms with Gasteiger partial charge < -0.3 is 0 Å². The van der Waals surface area contributed by atoms with E-state index in [2.05, 4.69) is 177 Å². The van der Waals surface area contributed by atoms with Crippen molar-refractivity contribution in [2.45, 2.75) is 145 Å². The lowest BCUT2D eigenvalue weighted by Gasteiger charge is -2.37. The lowest BCUT2D eigenvalue weighted by Crippen LogP contribution is -2.57. The molecule has 0 saturated carbocycles. The molecule has 4 heterocycles. The number of benzene rings is 5. The lowest BCUT2D eigenvalue weighted by molar-refractivity contribution is 0.469. The highest BCUT2D eigenvalue weighted by Gasteiger charge is 2.47. The molecule has 1 aliphatic rings. The van der Waals surface area contributed by atoms with Crippen LogP contribution in [-0.4, -0.2) is 18.0 Å². The number of unbranched alkanes of at least 4 members (excludes halogenated alkanes) is 2. The van der Waals surface area contributed by atoms with Crippen molar-refractivity contribution in [3.63, 3.8) is 0 Å². The number of thiophene rings is 2. The van der Waals surface area contributed by atoms with Gasteiger partial charge in [-0.15, -0.1) is 22.7 Å². The van der Waals surface area contributed by atoms with Gasteiger partial charge in [-0.3, -0.25) is 0 Å². The first-order chi connectivity index (χ1) is 33.7. The van der Waals surface area contributed by atoms with Crippen molar-refractivity contribution in [3.8, 4) is 65.0 Å². The highest BCUT2D eigenvalue weighted by molar-refractivity contribution is 7.19. The minimum atomic E-state index is -2.17. The molecule has 5 heteroatoms. The second-order valence-electron chi connectivity index (χ2n) is 20.4. The summed E-state index contributed by atoms with van der Waals surface area (Å²) in [5.74, 6) is 1.51. The Morgan fingerprint density at radius 2 is 0.913 bits per heavy atom. The van der Waals surface area contributed by atoms with Gasteiger partial charge in [0.2, 0.25) is 0 Å². The summed E-state index contributed by atoms with van der Waals surface area (Å²) in [6.07, 6.45) is 14.8. The highest BCUT2D eigenvalue weighted by Crippen LogP contribution is 2.45. The van der Waals surface area contributed by atoms with Crippen molar-refractivity contribution >= 4 is 52.2 Å². The van der Waals surface area contributed by atoms with Crippen molar-refractivity contribution in [2.75, 3.05) is 0 Å². The van der Waals surface area contributed by atoms with Crippen LogP contribution in [0.3, 0.4) is 0 Å². The van der Waals surface area contributed by atoms with Gasteiger partial charge in [0.25, 0.3) is 0 Å². The maximum atomic E-state index is 5.77. The molecular formula is C64H74N2S2Si. The summed E-state index contributed by atoms with van der Waals surface area (Å²) in [6, 6.07) is 49.9. The number of hydrogen-bond acceptors (Lipinski definition) is 4. The monoisotopic (exact) mass is 963 g/mol. The molecule has 356 valence electrons. The zero-order chi connectivity index (χ0) is 48.1. The number of nitrogens with zero attached hydrogens (tertiary/aromatic N) is 2. The maximum absolute atomic E-state index is 5.77. The first-order valence-corrected chi connectivity index (χ1v) is 30.7. The van der Waals surface area contributed by atoms with Gasteiger partial charge in [-0.25, -0.2) is 9.97 Å². The summed E-state index contributed by atoms with van der Waals surface area (Å²) in [5, 5.41) is 3.43. The van der Waals surface area contributed by atoms with E-state index in [1.807, 2.05) is 22.7 Å². The summed E-state index contributed by atoms with van der Waals surface area (Å²) < 4.78 is 0. The van der Waals surface area contributed by atoms with Crippen LogP contribution in [0.2, 0.25) is 12.1 Å². The van der Waals surface area contributed by atoms with Crippen LogP contribution in [0.25, 0.3) is 76.0 Å². The Balaban J connectivity index is 1.20. The molecule has 69 heavy (non-hydrogen) atoms. The SMILES string of the molecule is CCCCC(CC)C[Si]1(CC(CC)CCCC)c2cc(C)ccc2-c2ccc(-c3ccc(-c4ccc(-c5ccc(C)s5)c5nc(-c6ccc(CCC)cc6)c(-c6ccc(CCC)cc6)nc45)s3)cc21. The minimum Gasteiger partial charge on any atom is -0.243 e. The number of aromatic nitrogens is 2. The van der Waals surface area contributed by atoms with Crippen LogP contribution in [0.1, 0.15) is 127 Å². The highest BCUT2D eigenvalue weighted by atomic mass is 32.1. The molecule has 9 rings (SSSR count). The normalized spacial score (nSPS) is 15.1. The molecule has 0 fully saturated rings. The third-order valence-corrected chi connectivity index (χ3v) is 23.0. The fourth-order valence-corrected chi connectivity index (χ4v) is 20.2. The third-order valence-electron chi connectivity index (χ3n) is 15.4. The van der Waals surface area contributed by atoms with Gasteiger partial charge in [0.1, 0.15) is 8.07 Å². The molecule has 2 nitrogen and oxygen atoms in total. The Bertz CT molecular complexity index is 2990. The summed E-state index contributed by atoms with van der Waals surface area (Å²) >= 11 is 3.75. The molecule has 0 radical (unpaired) electrons. The van der Waals surface area contributed by atoms with Crippen molar-refractivity contribution in [2.24, 2.45) is 11.8 Å². The van der Waals surface area contributed by atoms with Crippen molar-refractivity contribution in [3.05, 3.63) is 143 Å². The van der Waals surface area contributed by atoms with Crippen LogP contribution < -0.4 is 10.4 Å². The van der Waals surface area contributed by atoms with E-state index in [9.17, 15) is 0 Å². The van der Waals surface area contributed by atoms with E-state index in [4.69, 9.17) is 9.97 Å². The molecule has 0 bridgehead atoms. The summed E-state index contributed by atoms with van der Waals surface area (Å²) in [4.78, 5) is 16.6. The predicted octanol–water partition coefficient (Wildman–Crippen LogP) is 18.6. The van der Waals surface area contributed by atoms with E-state index < -0.39 is 8.07 Å². The lowest BCUT2D eigenvalue weighted by atomic mass is 9.98. The maximum Gasteiger partial charge on any atom is 0.120 e. The zero-order valence-corrected chi connectivity index (χ0v) is 45.4. The smallest absolute Gasteiger partial charge is 0.120 e. The van der Waals surface area contributed by atoms with E-state index in [1.165, 1.54) is 116 Å². The molecule has 1 aliphatic heterocycles. The Kier molecular flexibility index (Phi) is 15.6. The number of aryl methyl sites for hydroxylation is 4. The largest absolute Gasteiger partial charge is 0.243 e. The summed E-state index contributed by atoms with van der Waals surface area (Å²) in [5.41, 5.74) is 16.8. The van der Waals surface area contributed by atoms with Crippen LogP contribution in [0, 0.1) is 25.7 Å². The molecule has 3 aromatic heterocycles. The van der Waals surface area contributed by atoms with E-state index >= 15 is 0 Å². The van der Waals surface area contributed by atoms with E-state index in [-0.39, 0.29) is 0 Å². The molecule has 2 atom stereocenters. The summed E-state index contributed by atoms with van der Waals surface area (Å²) in [7, 11) is -2.17. The Hall–Kier alpha value is -4.94. The van der Waals surface area contributed by atoms with Gasteiger partial charge in [0.15, 0.2) is 0 Å². The van der Waals surface area contributed by atoms with Crippen molar-refractivity contribution in [1.29, 1.82) is 0 Å². The molecule has 0 aliphatic carbocycles. The van der Waals surface area contributed by atoms with Gasteiger partial charge in [0, 0.05) is 41.8 Å². The van der Waals surface area contributed by atoms with Crippen LogP contribution in [-0.2, 0) is 12.8 Å². The van der Waals surface area contributed by atoms with Gasteiger partial charge in [-0.2, -0.15) is 0 Å². The molecular weight excluding hydrogens is 889 g/mol. The van der Waals surface area contributed by atoms with Crippen LogP contribution in [0.4, 0.5) is 0 Å². The molecule has 5 aromatic carbocycles. The topological polar surface area (TPSA) is 25.8 Å². The second kappa shape index (κ2) is 22.0. The number of fused-ring (bicyclic) bond motifs is 4. The van der Waals surface area contributed by atoms with Crippen LogP contribution >= 0.6 is 22.7 Å². The quantitative estimate of drug-likeness (QED) is 0.0671. The van der Waals surface area contributed by atoms with Crippen LogP contribution in [0.5, 0.6) is 0 Å². The first kappa shape index (κ1) is 49.1. The molecule has 0 N–H and O–H groups in total. The van der Waals surface area contributed by atoms with Gasteiger partial charge >= 0.3 is 0 Å². The third kappa shape index (κ3) is 10.2. The van der Waals surface area contributed by atoms with Crippen molar-refractivity contribution < 1.29 is 0 Å². The molecule has 0 amide bonds. The van der Waals surface area contributed by atoms with Gasteiger partial charge in [-0.05, 0) is 113 Å². The van der Waals surface area contributed by atoms with E-state index in [0.717, 1.165) is 82.2 Å². The molecule has 0 saturated heterocycles. The van der Waals surface area contributed by atoms with Crippen molar-refractivity contribution in [1.82, 2.24) is 9.97 Å². The number of rotatable bonds is 21. The number of hydrogen-bond donors (Lipinski definition) is 0. The van der Waals surface area contributed by atoms with E-state index in [1.54, 1.807) is 10.4 Å². The summed E-state index contributed by atoms with van der Waals surface area (Å²) in [6.45, 7) is 18.7. The van der Waals surface area contributed by atoms with E-state index in [0.29, 0.717) is 0 Å². The average Bonchev–Trinajstić information content (AvgIpc) is 4.11. The Morgan fingerprint density at radius 1 is 0.449 bits per heavy atom. The molecule has 8 aromatic rings. The second-order valence-corrected chi connectivity index (χ2v) is 26.8. The predicted molar refractivity (Wildman–Crippen MR) is 307 cm³/mol. The average molecular weight is 964 g/mol. The van der Waals surface area contributed by atoms with Gasteiger partial charge in [-0.1, -0.05) is 208 Å². The zero-order valence-electron chi connectivity index (χ0n) is 42.8. The minimum absolute atomic E-state index is 0.757. The fourth-order valence-electron chi connectivity index (χ4n) is 11.5. The van der Waals surface area contributed by atoms with Gasteiger partial charge in [0.05, 0.1) is 22.4 Å². The Labute approximate surface area is 423 Å². The van der Waals surface area contributed by atoms with Crippen LogP contribution in [0.15, 0.2) is 121 Å². The molecule has 2 unspecified atom stereocenters. The first-order valence-electron chi connectivity index (χ1n) is 26.7. The molecule has 0 spiro atoms. The standard InChI is InChI=1S/C64H74N2S2Si/c1-9-15-19-45(13-5)41-69(42-46(14-6)20-16-10-2)59-39-43(7)21-32-52(59)53-33-31-51(40-60(53)69)56-37-38-58(68-56)55-35-34-54(57-36-22-44(8)67-57)63-64(55)66-62(50-29-25-48(18-12-4)26-30-50)61(65-63)49-27-23-47(17-11-3)24-28-49/h21-40,45-46H,9-20,41-42H2,1-8H3. The Morgan fingerprint density at radius 3 is 1.41 bits per heavy atom.